The lowest BCUT2D eigenvalue weighted by Crippen LogP contribution is -2.36. The second-order valence-electron chi connectivity index (χ2n) is 6.30. The van der Waals surface area contributed by atoms with Crippen LogP contribution in [0, 0.1) is 11.3 Å². The number of nitrogens with zero attached hydrogens (tertiary/aromatic N) is 1. The van der Waals surface area contributed by atoms with Crippen LogP contribution in [0.25, 0.3) is 17.4 Å². The molecule has 0 bridgehead atoms. The molecule has 0 radical (unpaired) electrons. The summed E-state index contributed by atoms with van der Waals surface area (Å²) in [6.07, 6.45) is 6.80. The van der Waals surface area contributed by atoms with Crippen LogP contribution in [0.1, 0.15) is 37.9 Å². The van der Waals surface area contributed by atoms with Gasteiger partial charge in [0.1, 0.15) is 23.2 Å². The van der Waals surface area contributed by atoms with Gasteiger partial charge in [0.15, 0.2) is 0 Å². The summed E-state index contributed by atoms with van der Waals surface area (Å²) in [7, 11) is 0. The summed E-state index contributed by atoms with van der Waals surface area (Å²) in [5, 5.41) is 13.3. The highest BCUT2D eigenvalue weighted by Crippen LogP contribution is 2.32. The Labute approximate surface area is 162 Å². The zero-order chi connectivity index (χ0) is 18.5. The van der Waals surface area contributed by atoms with Gasteiger partial charge in [0, 0.05) is 22.7 Å². The maximum absolute atomic E-state index is 12.3. The average molecular weight is 389 g/mol. The second-order valence-corrected chi connectivity index (χ2v) is 7.15. The van der Waals surface area contributed by atoms with Crippen molar-refractivity contribution in [1.29, 1.82) is 5.26 Å². The highest BCUT2D eigenvalue weighted by Gasteiger charge is 2.18. The first-order chi connectivity index (χ1) is 12.6. The van der Waals surface area contributed by atoms with Gasteiger partial charge in [-0.1, -0.05) is 42.5 Å². The molecule has 1 N–H and O–H groups in total. The normalized spacial score (nSPS) is 15.5. The van der Waals surface area contributed by atoms with Crippen LogP contribution < -0.4 is 5.32 Å². The SMILES string of the molecule is N#CC(=Cc1ccc(-c2ccc(Cl)cc2Cl)o1)C(=O)NC1CCCCC1. The molecule has 0 spiro atoms. The van der Waals surface area contributed by atoms with Crippen LogP contribution in [0.5, 0.6) is 0 Å². The number of nitrogens with one attached hydrogen (secondary N) is 1. The lowest BCUT2D eigenvalue weighted by Gasteiger charge is -2.22. The fraction of sp³-hybridized carbons (Fsp3) is 0.300. The van der Waals surface area contributed by atoms with Gasteiger partial charge in [0.05, 0.1) is 5.02 Å². The Hall–Kier alpha value is -2.22. The van der Waals surface area contributed by atoms with E-state index in [-0.39, 0.29) is 17.5 Å². The molecular weight excluding hydrogens is 371 g/mol. The molecule has 1 fully saturated rings. The number of hydrogen-bond donors (Lipinski definition) is 1. The third kappa shape index (κ3) is 4.49. The lowest BCUT2D eigenvalue weighted by molar-refractivity contribution is -0.117. The van der Waals surface area contributed by atoms with Gasteiger partial charge in [0.25, 0.3) is 5.91 Å². The fourth-order valence-electron chi connectivity index (χ4n) is 3.07. The molecule has 134 valence electrons. The topological polar surface area (TPSA) is 66.0 Å². The van der Waals surface area contributed by atoms with Gasteiger partial charge in [-0.3, -0.25) is 4.79 Å². The van der Waals surface area contributed by atoms with Crippen LogP contribution in [0.3, 0.4) is 0 Å². The van der Waals surface area contributed by atoms with E-state index < -0.39 is 0 Å². The first-order valence-electron chi connectivity index (χ1n) is 8.55. The number of carbonyl (C=O) groups is 1. The molecule has 1 heterocycles. The molecular formula is C20H18Cl2N2O2. The van der Waals surface area contributed by atoms with Gasteiger partial charge in [-0.25, -0.2) is 0 Å². The Morgan fingerprint density at radius 2 is 1.96 bits per heavy atom. The standard InChI is InChI=1S/C20H18Cl2N2O2/c21-14-6-8-17(18(22)11-14)19-9-7-16(26-19)10-13(12-23)20(25)24-15-4-2-1-3-5-15/h6-11,15H,1-5H2,(H,24,25). The first kappa shape index (κ1) is 18.6. The van der Waals surface area contributed by atoms with E-state index in [0.717, 1.165) is 25.7 Å². The molecule has 2 aromatic rings. The van der Waals surface area contributed by atoms with Crippen LogP contribution >= 0.6 is 23.2 Å². The second kappa shape index (κ2) is 8.44. The molecule has 0 aliphatic heterocycles. The van der Waals surface area contributed by atoms with Crippen LogP contribution in [0.15, 0.2) is 40.3 Å². The van der Waals surface area contributed by atoms with Gasteiger partial charge < -0.3 is 9.73 Å². The summed E-state index contributed by atoms with van der Waals surface area (Å²) in [6, 6.07) is 10.7. The Bertz CT molecular complexity index is 874. The summed E-state index contributed by atoms with van der Waals surface area (Å²) in [5.41, 5.74) is 0.722. The van der Waals surface area contributed by atoms with Gasteiger partial charge in [-0.15, -0.1) is 0 Å². The third-order valence-corrected chi connectivity index (χ3v) is 4.96. The van der Waals surface area contributed by atoms with E-state index in [2.05, 4.69) is 5.32 Å². The van der Waals surface area contributed by atoms with Crippen LogP contribution in [0.4, 0.5) is 0 Å². The van der Waals surface area contributed by atoms with Gasteiger partial charge in [-0.05, 0) is 43.2 Å². The minimum atomic E-state index is -0.359. The van der Waals surface area contributed by atoms with Crippen molar-refractivity contribution in [1.82, 2.24) is 5.32 Å². The van der Waals surface area contributed by atoms with Crippen molar-refractivity contribution in [2.24, 2.45) is 0 Å². The van der Waals surface area contributed by atoms with Crippen molar-refractivity contribution in [3.63, 3.8) is 0 Å². The zero-order valence-corrected chi connectivity index (χ0v) is 15.6. The minimum Gasteiger partial charge on any atom is -0.457 e. The Balaban J connectivity index is 1.76. The fourth-order valence-corrected chi connectivity index (χ4v) is 3.57. The molecule has 0 unspecified atom stereocenters. The van der Waals surface area contributed by atoms with Gasteiger partial charge >= 0.3 is 0 Å². The van der Waals surface area contributed by atoms with Crippen LogP contribution in [-0.4, -0.2) is 11.9 Å². The lowest BCUT2D eigenvalue weighted by atomic mass is 9.95. The molecule has 1 aliphatic rings. The van der Waals surface area contributed by atoms with Crippen molar-refractivity contribution in [3.05, 3.63) is 51.7 Å². The third-order valence-electron chi connectivity index (χ3n) is 4.42. The van der Waals surface area contributed by atoms with Crippen molar-refractivity contribution < 1.29 is 9.21 Å². The van der Waals surface area contributed by atoms with Gasteiger partial charge in [0.2, 0.25) is 0 Å². The van der Waals surface area contributed by atoms with E-state index in [4.69, 9.17) is 27.6 Å². The van der Waals surface area contributed by atoms with E-state index in [9.17, 15) is 10.1 Å². The number of rotatable bonds is 4. The van der Waals surface area contributed by atoms with E-state index in [1.54, 1.807) is 30.3 Å². The number of benzene rings is 1. The van der Waals surface area contributed by atoms with Crippen molar-refractivity contribution in [2.45, 2.75) is 38.1 Å². The van der Waals surface area contributed by atoms with E-state index in [1.807, 2.05) is 6.07 Å². The highest BCUT2D eigenvalue weighted by atomic mass is 35.5. The van der Waals surface area contributed by atoms with Crippen molar-refractivity contribution in [3.8, 4) is 17.4 Å². The number of nitriles is 1. The zero-order valence-electron chi connectivity index (χ0n) is 14.1. The molecule has 6 heteroatoms. The molecule has 1 saturated carbocycles. The quantitative estimate of drug-likeness (QED) is 0.546. The van der Waals surface area contributed by atoms with Gasteiger partial charge in [-0.2, -0.15) is 5.26 Å². The molecule has 1 amide bonds. The monoisotopic (exact) mass is 388 g/mol. The first-order valence-corrected chi connectivity index (χ1v) is 9.30. The number of amides is 1. The molecule has 26 heavy (non-hydrogen) atoms. The highest BCUT2D eigenvalue weighted by molar-refractivity contribution is 6.36. The number of carbonyl (C=O) groups excluding carboxylic acids is 1. The molecule has 0 atom stereocenters. The molecule has 1 aromatic carbocycles. The largest absolute Gasteiger partial charge is 0.457 e. The smallest absolute Gasteiger partial charge is 0.262 e. The summed E-state index contributed by atoms with van der Waals surface area (Å²) in [4.78, 5) is 12.3. The minimum absolute atomic E-state index is 0.0266. The van der Waals surface area contributed by atoms with Crippen LogP contribution in [0.2, 0.25) is 10.0 Å². The number of hydrogen-bond acceptors (Lipinski definition) is 3. The molecule has 0 saturated heterocycles. The Morgan fingerprint density at radius 1 is 1.19 bits per heavy atom. The van der Waals surface area contributed by atoms with Crippen LogP contribution in [-0.2, 0) is 4.79 Å². The summed E-state index contributed by atoms with van der Waals surface area (Å²) >= 11 is 12.1. The molecule has 1 aliphatic carbocycles. The summed E-state index contributed by atoms with van der Waals surface area (Å²) in [6.45, 7) is 0. The maximum Gasteiger partial charge on any atom is 0.262 e. The number of furan rings is 1. The van der Waals surface area contributed by atoms with E-state index >= 15 is 0 Å². The predicted molar refractivity (Wildman–Crippen MR) is 103 cm³/mol. The van der Waals surface area contributed by atoms with Crippen molar-refractivity contribution >= 4 is 35.2 Å². The summed E-state index contributed by atoms with van der Waals surface area (Å²) < 4.78 is 5.73. The Kier molecular flexibility index (Phi) is 6.03. The van der Waals surface area contributed by atoms with Crippen molar-refractivity contribution in [2.75, 3.05) is 0 Å². The molecule has 4 nitrogen and oxygen atoms in total. The summed E-state index contributed by atoms with van der Waals surface area (Å²) in [5.74, 6) is 0.603. The molecule has 1 aromatic heterocycles. The maximum atomic E-state index is 12.3. The number of halogens is 2. The average Bonchev–Trinajstić information content (AvgIpc) is 3.08. The molecule has 3 rings (SSSR count). The van der Waals surface area contributed by atoms with E-state index in [0.29, 0.717) is 27.1 Å². The van der Waals surface area contributed by atoms with E-state index in [1.165, 1.54) is 12.5 Å². The Morgan fingerprint density at radius 3 is 2.65 bits per heavy atom. The predicted octanol–water partition coefficient (Wildman–Crippen LogP) is 5.61.